The topological polar surface area (TPSA) is 222 Å². The van der Waals surface area contributed by atoms with Gasteiger partial charge >= 0.3 is 0 Å². The normalized spacial score (nSPS) is 14.4. The Morgan fingerprint density at radius 2 is 0.966 bits per heavy atom. The minimum absolute atomic E-state index is 0.0149. The smallest absolute Gasteiger partial charge is 0.294 e. The van der Waals surface area contributed by atoms with Crippen LogP contribution in [0.1, 0.15) is 54.3 Å². The molecular weight excluding hydrogens is 805 g/mol. The number of hydrogen-bond acceptors (Lipinski definition) is 11. The number of carbonyl (C=O) groups is 4. The van der Waals surface area contributed by atoms with E-state index in [-0.39, 0.29) is 77.4 Å². The molecule has 2 aliphatic heterocycles. The van der Waals surface area contributed by atoms with Crippen LogP contribution in [0.2, 0.25) is 0 Å². The first-order valence-electron chi connectivity index (χ1n) is 18.2. The number of aliphatic hydroxyl groups is 1. The molecule has 2 aliphatic rings. The fourth-order valence-corrected chi connectivity index (χ4v) is 9.09. The van der Waals surface area contributed by atoms with E-state index in [0.29, 0.717) is 43.5 Å². The summed E-state index contributed by atoms with van der Waals surface area (Å²) in [5.41, 5.74) is 0.500. The number of ether oxygens (including phenoxy) is 2. The molecule has 4 amide bonds. The molecule has 0 unspecified atom stereocenters. The molecule has 59 heavy (non-hydrogen) atoms. The molecule has 7 aromatic rings. The van der Waals surface area contributed by atoms with Crippen LogP contribution in [0, 0.1) is 0 Å². The lowest BCUT2D eigenvalue weighted by molar-refractivity contribution is 0.0589. The molecule has 298 valence electrons. The molecule has 0 saturated heterocycles. The average molecular weight is 835 g/mol. The highest BCUT2D eigenvalue weighted by Gasteiger charge is 2.39. The van der Waals surface area contributed by atoms with E-state index in [1.165, 1.54) is 24.3 Å². The van der Waals surface area contributed by atoms with Crippen LogP contribution >= 0.6 is 0 Å². The van der Waals surface area contributed by atoms with Crippen LogP contribution in [0.3, 0.4) is 0 Å². The number of imide groups is 2. The van der Waals surface area contributed by atoms with Crippen LogP contribution in [-0.2, 0) is 20.2 Å². The fraction of sp³-hybridized carbons (Fsp3) is 0.143. The molecule has 15 nitrogen and oxygen atoms in total. The molecule has 0 saturated carbocycles. The zero-order valence-electron chi connectivity index (χ0n) is 30.5. The second-order valence-electron chi connectivity index (χ2n) is 14.1. The largest absolute Gasteiger partial charge is 0.457 e. The first-order chi connectivity index (χ1) is 28.2. The van der Waals surface area contributed by atoms with E-state index in [2.05, 4.69) is 0 Å². The maximum Gasteiger partial charge on any atom is 0.294 e. The third kappa shape index (κ3) is 6.21. The van der Waals surface area contributed by atoms with Crippen LogP contribution in [0.5, 0.6) is 23.0 Å². The number of benzene rings is 7. The first-order valence-corrected chi connectivity index (χ1v) is 21.3. The lowest BCUT2D eigenvalue weighted by Gasteiger charge is -2.31. The average Bonchev–Trinajstić information content (AvgIpc) is 3.20. The van der Waals surface area contributed by atoms with Crippen LogP contribution in [0.15, 0.2) is 95.9 Å². The Hall–Kier alpha value is -6.50. The van der Waals surface area contributed by atoms with Crippen molar-refractivity contribution in [2.45, 2.75) is 17.7 Å². The highest BCUT2D eigenvalue weighted by Crippen LogP contribution is 2.52. The highest BCUT2D eigenvalue weighted by atomic mass is 32.2. The summed E-state index contributed by atoms with van der Waals surface area (Å²) in [6.45, 7) is -0.626. The summed E-state index contributed by atoms with van der Waals surface area (Å²) in [5, 5.41) is 12.7. The van der Waals surface area contributed by atoms with Gasteiger partial charge in [0.05, 0.1) is 21.8 Å². The summed E-state index contributed by atoms with van der Waals surface area (Å²) in [4.78, 5) is 58.3. The number of nitrogens with zero attached hydrogens (tertiary/aromatic N) is 2. The quantitative estimate of drug-likeness (QED) is 0.0524. The van der Waals surface area contributed by atoms with Crippen LogP contribution in [0.25, 0.3) is 43.1 Å². The van der Waals surface area contributed by atoms with Gasteiger partial charge in [-0.1, -0.05) is 30.3 Å². The third-order valence-electron chi connectivity index (χ3n) is 10.6. The van der Waals surface area contributed by atoms with E-state index in [9.17, 15) is 50.2 Å². The van der Waals surface area contributed by atoms with Crippen molar-refractivity contribution in [1.82, 2.24) is 9.80 Å². The molecular formula is C42H30N2O13S2. The minimum Gasteiger partial charge on any atom is -0.457 e. The first kappa shape index (κ1) is 38.0. The van der Waals surface area contributed by atoms with Gasteiger partial charge in [0.15, 0.2) is 0 Å². The van der Waals surface area contributed by atoms with Crippen molar-refractivity contribution in [2.75, 3.05) is 25.4 Å². The van der Waals surface area contributed by atoms with Gasteiger partial charge in [-0.3, -0.25) is 38.1 Å². The molecule has 0 radical (unpaired) electrons. The molecule has 0 bridgehead atoms. The van der Waals surface area contributed by atoms with Gasteiger partial charge in [-0.2, -0.15) is 16.8 Å². The summed E-state index contributed by atoms with van der Waals surface area (Å²) in [5.74, 6) is -2.56. The summed E-state index contributed by atoms with van der Waals surface area (Å²) in [7, 11) is -8.96. The summed E-state index contributed by atoms with van der Waals surface area (Å²) in [6.07, 6.45) is -0.0929. The van der Waals surface area contributed by atoms with Crippen molar-refractivity contribution < 1.29 is 59.7 Å². The van der Waals surface area contributed by atoms with E-state index in [1.807, 2.05) is 0 Å². The molecule has 0 aromatic heterocycles. The lowest BCUT2D eigenvalue weighted by atomic mass is 9.81. The van der Waals surface area contributed by atoms with Gasteiger partial charge in [0.25, 0.3) is 43.9 Å². The van der Waals surface area contributed by atoms with E-state index in [0.717, 1.165) is 21.9 Å². The SMILES string of the molecule is O=C1c2ccc3c4c(Oc5ccc(S(=O)(=O)O)cc5)cc5c6c(ccc(c7c(Oc8ccccc8)cc(c2c37)C(=O)N1CCCO)c64)C(=O)N(CCCS(=O)(=O)O)C5=O. The number of fused-ring (bicyclic) bond motifs is 2. The second-order valence-corrected chi connectivity index (χ2v) is 17.1. The summed E-state index contributed by atoms with van der Waals surface area (Å²) in [6, 6.07) is 23.0. The number of carbonyl (C=O) groups excluding carboxylic acids is 4. The van der Waals surface area contributed by atoms with Crippen molar-refractivity contribution >= 4 is 87.0 Å². The lowest BCUT2D eigenvalue weighted by Crippen LogP contribution is -2.41. The molecule has 3 N–H and O–H groups in total. The maximum atomic E-state index is 14.3. The Labute approximate surface area is 334 Å². The molecule has 0 fully saturated rings. The number of aliphatic hydroxyl groups excluding tert-OH is 1. The van der Waals surface area contributed by atoms with Crippen molar-refractivity contribution in [3.8, 4) is 23.0 Å². The van der Waals surface area contributed by atoms with Gasteiger partial charge in [-0.15, -0.1) is 0 Å². The molecule has 9 rings (SSSR count). The summed E-state index contributed by atoms with van der Waals surface area (Å²) < 4.78 is 78.6. The standard InChI is InChI=1S/C42H30N2O13S2/c45-18-4-16-43-39(46)27-14-12-26-36-32(57-23-8-10-24(11-9-23)59(53,54)55)21-30-34-28(40(47)44(42(30)49)17-5-19-58(50,51)52)15-13-25(38(34)36)35-31(56-22-6-2-1-3-7-22)20-29(41(43)48)33(27)37(26)35/h1-3,6-15,20-21,45H,4-5,16-19H2,(H,50,51,52)(H,53,54,55). The zero-order valence-corrected chi connectivity index (χ0v) is 32.2. The highest BCUT2D eigenvalue weighted by molar-refractivity contribution is 7.86. The van der Waals surface area contributed by atoms with Crippen LogP contribution in [0.4, 0.5) is 0 Å². The van der Waals surface area contributed by atoms with Crippen molar-refractivity contribution in [3.63, 3.8) is 0 Å². The van der Waals surface area contributed by atoms with Crippen molar-refractivity contribution in [3.05, 3.63) is 113 Å². The van der Waals surface area contributed by atoms with Gasteiger partial charge in [0.2, 0.25) is 0 Å². The van der Waals surface area contributed by atoms with Crippen LogP contribution in [-0.4, -0.2) is 89.9 Å². The Morgan fingerprint density at radius 1 is 0.508 bits per heavy atom. The van der Waals surface area contributed by atoms with Gasteiger partial charge in [-0.05, 0) is 84.3 Å². The minimum atomic E-state index is -4.56. The maximum absolute atomic E-state index is 14.3. The zero-order chi connectivity index (χ0) is 41.5. The van der Waals surface area contributed by atoms with Crippen LogP contribution < -0.4 is 9.47 Å². The predicted octanol–water partition coefficient (Wildman–Crippen LogP) is 6.42. The Kier molecular flexibility index (Phi) is 8.91. The number of amides is 4. The van der Waals surface area contributed by atoms with Crippen molar-refractivity contribution in [1.29, 1.82) is 0 Å². The fourth-order valence-electron chi connectivity index (χ4n) is 8.12. The Bertz CT molecular complexity index is 3210. The molecule has 0 spiro atoms. The van der Waals surface area contributed by atoms with Crippen molar-refractivity contribution in [2.24, 2.45) is 0 Å². The van der Waals surface area contributed by atoms with E-state index in [1.54, 1.807) is 54.6 Å². The number of hydrogen-bond donors (Lipinski definition) is 3. The molecule has 2 heterocycles. The monoisotopic (exact) mass is 834 g/mol. The third-order valence-corrected chi connectivity index (χ3v) is 12.3. The molecule has 17 heteroatoms. The molecule has 0 aliphatic carbocycles. The molecule has 0 atom stereocenters. The van der Waals surface area contributed by atoms with Gasteiger partial charge in [0, 0.05) is 63.1 Å². The predicted molar refractivity (Wildman–Crippen MR) is 214 cm³/mol. The number of para-hydroxylation sites is 1. The van der Waals surface area contributed by atoms with Gasteiger partial charge in [-0.25, -0.2) is 0 Å². The van der Waals surface area contributed by atoms with Gasteiger partial charge in [0.1, 0.15) is 23.0 Å². The number of rotatable bonds is 12. The van der Waals surface area contributed by atoms with E-state index >= 15 is 0 Å². The summed E-state index contributed by atoms with van der Waals surface area (Å²) >= 11 is 0. The van der Waals surface area contributed by atoms with E-state index in [4.69, 9.17) is 9.47 Å². The Balaban J connectivity index is 1.38. The molecule has 7 aromatic carbocycles. The van der Waals surface area contributed by atoms with Gasteiger partial charge < -0.3 is 14.6 Å². The second kappa shape index (κ2) is 13.8. The Morgan fingerprint density at radius 3 is 1.42 bits per heavy atom. The van der Waals surface area contributed by atoms with E-state index < -0.39 is 54.5 Å².